The van der Waals surface area contributed by atoms with Crippen molar-refractivity contribution < 1.29 is 14.3 Å². The highest BCUT2D eigenvalue weighted by Gasteiger charge is 2.09. The van der Waals surface area contributed by atoms with Gasteiger partial charge in [-0.3, -0.25) is 4.79 Å². The summed E-state index contributed by atoms with van der Waals surface area (Å²) < 4.78 is 5.06. The molecule has 2 rings (SSSR count). The van der Waals surface area contributed by atoms with Gasteiger partial charge in [-0.2, -0.15) is 0 Å². The van der Waals surface area contributed by atoms with Crippen molar-refractivity contribution >= 4 is 5.91 Å². The van der Waals surface area contributed by atoms with Crippen LogP contribution < -0.4 is 5.32 Å². The monoisotopic (exact) mass is 261 g/mol. The van der Waals surface area contributed by atoms with Crippen molar-refractivity contribution in [2.75, 3.05) is 6.54 Å². The molecule has 1 unspecified atom stereocenters. The normalized spacial score (nSPS) is 12.1. The van der Waals surface area contributed by atoms with Gasteiger partial charge in [0, 0.05) is 17.7 Å². The Morgan fingerprint density at radius 1 is 1.42 bits per heavy atom. The number of aliphatic hydroxyl groups is 1. The van der Waals surface area contributed by atoms with E-state index < -0.39 is 6.10 Å². The molecule has 6 nitrogen and oxygen atoms in total. The van der Waals surface area contributed by atoms with Gasteiger partial charge in [0.05, 0.1) is 6.10 Å². The van der Waals surface area contributed by atoms with Gasteiger partial charge in [0.25, 0.3) is 5.91 Å². The summed E-state index contributed by atoms with van der Waals surface area (Å²) in [7, 11) is 0. The van der Waals surface area contributed by atoms with Gasteiger partial charge in [-0.25, -0.2) is 0 Å². The first-order valence-electron chi connectivity index (χ1n) is 6.03. The Kier molecular flexibility index (Phi) is 4.25. The Morgan fingerprint density at radius 3 is 2.74 bits per heavy atom. The maximum Gasteiger partial charge on any atom is 0.251 e. The van der Waals surface area contributed by atoms with Gasteiger partial charge in [0.1, 0.15) is 0 Å². The number of nitrogens with one attached hydrogen (secondary N) is 1. The molecule has 1 atom stereocenters. The lowest BCUT2D eigenvalue weighted by Crippen LogP contribution is -2.31. The molecule has 0 bridgehead atoms. The highest BCUT2D eigenvalue weighted by Crippen LogP contribution is 2.16. The molecule has 6 heteroatoms. The molecule has 0 spiro atoms. The molecule has 0 radical (unpaired) electrons. The number of rotatable bonds is 5. The minimum atomic E-state index is -0.512. The van der Waals surface area contributed by atoms with Crippen LogP contribution in [0, 0.1) is 0 Å². The molecule has 1 aromatic heterocycles. The van der Waals surface area contributed by atoms with Gasteiger partial charge < -0.3 is 14.8 Å². The second-order valence-electron chi connectivity index (χ2n) is 4.09. The van der Waals surface area contributed by atoms with Crippen LogP contribution in [0.25, 0.3) is 11.5 Å². The number of hydrogen-bond acceptors (Lipinski definition) is 5. The number of benzene rings is 1. The molecule has 0 fully saturated rings. The lowest BCUT2D eigenvalue weighted by atomic mass is 10.1. The predicted molar refractivity (Wildman–Crippen MR) is 68.4 cm³/mol. The summed E-state index contributed by atoms with van der Waals surface area (Å²) in [4.78, 5) is 11.8. The van der Waals surface area contributed by atoms with Gasteiger partial charge in [0.15, 0.2) is 0 Å². The van der Waals surface area contributed by atoms with Crippen LogP contribution in [0.1, 0.15) is 23.7 Å². The summed E-state index contributed by atoms with van der Waals surface area (Å²) in [6.07, 6.45) is 1.35. The molecule has 1 aromatic carbocycles. The van der Waals surface area contributed by atoms with E-state index in [2.05, 4.69) is 15.5 Å². The van der Waals surface area contributed by atoms with Crippen LogP contribution in [0.5, 0.6) is 0 Å². The van der Waals surface area contributed by atoms with E-state index in [1.54, 1.807) is 24.3 Å². The van der Waals surface area contributed by atoms with E-state index in [0.717, 1.165) is 5.56 Å². The Labute approximate surface area is 110 Å². The second-order valence-corrected chi connectivity index (χ2v) is 4.09. The van der Waals surface area contributed by atoms with Crippen molar-refractivity contribution in [1.82, 2.24) is 15.5 Å². The maximum absolute atomic E-state index is 11.8. The Balaban J connectivity index is 2.00. The molecule has 0 aliphatic carbocycles. The highest BCUT2D eigenvalue weighted by molar-refractivity contribution is 5.94. The van der Waals surface area contributed by atoms with Crippen molar-refractivity contribution in [1.29, 1.82) is 0 Å². The number of nitrogens with zero attached hydrogens (tertiary/aromatic N) is 2. The van der Waals surface area contributed by atoms with Gasteiger partial charge in [-0.1, -0.05) is 6.92 Å². The Morgan fingerprint density at radius 2 is 2.16 bits per heavy atom. The minimum Gasteiger partial charge on any atom is -0.423 e. The van der Waals surface area contributed by atoms with Gasteiger partial charge in [0.2, 0.25) is 12.3 Å². The predicted octanol–water partition coefficient (Wildman–Crippen LogP) is 1.24. The summed E-state index contributed by atoms with van der Waals surface area (Å²) in [5, 5.41) is 19.4. The van der Waals surface area contributed by atoms with E-state index in [9.17, 15) is 9.90 Å². The van der Waals surface area contributed by atoms with E-state index in [1.165, 1.54) is 6.39 Å². The number of carbonyl (C=O) groups excluding carboxylic acids is 1. The Bertz CT molecular complexity index is 523. The van der Waals surface area contributed by atoms with Crippen LogP contribution in [0.4, 0.5) is 0 Å². The molecular formula is C13H15N3O3. The SMILES string of the molecule is CCC(O)CNC(=O)c1ccc(-c2nnco2)cc1. The fraction of sp³-hybridized carbons (Fsp3) is 0.308. The van der Waals surface area contributed by atoms with Gasteiger partial charge >= 0.3 is 0 Å². The first-order chi connectivity index (χ1) is 9.20. The van der Waals surface area contributed by atoms with Crippen molar-refractivity contribution in [3.05, 3.63) is 36.2 Å². The summed E-state index contributed by atoms with van der Waals surface area (Å²) >= 11 is 0. The van der Waals surface area contributed by atoms with Crippen LogP contribution in [-0.2, 0) is 0 Å². The molecule has 0 saturated heterocycles. The fourth-order valence-corrected chi connectivity index (χ4v) is 1.52. The topological polar surface area (TPSA) is 88.2 Å². The average molecular weight is 261 g/mol. The first kappa shape index (κ1) is 13.2. The zero-order valence-corrected chi connectivity index (χ0v) is 10.5. The number of hydrogen-bond donors (Lipinski definition) is 2. The van der Waals surface area contributed by atoms with Crippen LogP contribution in [0.3, 0.4) is 0 Å². The van der Waals surface area contributed by atoms with E-state index >= 15 is 0 Å². The lowest BCUT2D eigenvalue weighted by molar-refractivity contribution is 0.0914. The number of aliphatic hydroxyl groups excluding tert-OH is 1. The molecule has 19 heavy (non-hydrogen) atoms. The molecule has 0 aliphatic rings. The van der Waals surface area contributed by atoms with E-state index in [0.29, 0.717) is 17.9 Å². The zero-order chi connectivity index (χ0) is 13.7. The van der Waals surface area contributed by atoms with Crippen molar-refractivity contribution in [2.24, 2.45) is 0 Å². The van der Waals surface area contributed by atoms with E-state index in [1.807, 2.05) is 6.92 Å². The highest BCUT2D eigenvalue weighted by atomic mass is 16.4. The van der Waals surface area contributed by atoms with E-state index in [-0.39, 0.29) is 12.5 Å². The first-order valence-corrected chi connectivity index (χ1v) is 6.03. The Hall–Kier alpha value is -2.21. The number of carbonyl (C=O) groups is 1. The molecular weight excluding hydrogens is 246 g/mol. The number of aromatic nitrogens is 2. The molecule has 1 amide bonds. The third kappa shape index (κ3) is 3.38. The van der Waals surface area contributed by atoms with Gasteiger partial charge in [-0.15, -0.1) is 10.2 Å². The smallest absolute Gasteiger partial charge is 0.251 e. The molecule has 2 N–H and O–H groups in total. The molecule has 100 valence electrons. The fourth-order valence-electron chi connectivity index (χ4n) is 1.52. The van der Waals surface area contributed by atoms with E-state index in [4.69, 9.17) is 4.42 Å². The lowest BCUT2D eigenvalue weighted by Gasteiger charge is -2.09. The van der Waals surface area contributed by atoms with Crippen molar-refractivity contribution in [3.8, 4) is 11.5 Å². The second kappa shape index (κ2) is 6.10. The number of amides is 1. The van der Waals surface area contributed by atoms with Crippen LogP contribution in [-0.4, -0.2) is 33.9 Å². The molecule has 1 heterocycles. The summed E-state index contributed by atoms with van der Waals surface area (Å²) in [5.41, 5.74) is 1.27. The third-order valence-corrected chi connectivity index (χ3v) is 2.72. The average Bonchev–Trinajstić information content (AvgIpc) is 2.98. The molecule has 0 saturated carbocycles. The summed E-state index contributed by atoms with van der Waals surface area (Å²) in [6.45, 7) is 2.11. The maximum atomic E-state index is 11.8. The standard InChI is InChI=1S/C13H15N3O3/c1-2-11(17)7-14-12(18)9-3-5-10(6-4-9)13-16-15-8-19-13/h3-6,8,11,17H,2,7H2,1H3,(H,14,18). The third-order valence-electron chi connectivity index (χ3n) is 2.72. The van der Waals surface area contributed by atoms with Crippen LogP contribution >= 0.6 is 0 Å². The van der Waals surface area contributed by atoms with Crippen LogP contribution in [0.2, 0.25) is 0 Å². The van der Waals surface area contributed by atoms with Crippen LogP contribution in [0.15, 0.2) is 35.1 Å². The van der Waals surface area contributed by atoms with Crippen molar-refractivity contribution in [2.45, 2.75) is 19.4 Å². The largest absolute Gasteiger partial charge is 0.423 e. The minimum absolute atomic E-state index is 0.218. The quantitative estimate of drug-likeness (QED) is 0.845. The molecule has 0 aliphatic heterocycles. The summed E-state index contributed by atoms with van der Waals surface area (Å²) in [5.74, 6) is 0.193. The zero-order valence-electron chi connectivity index (χ0n) is 10.5. The van der Waals surface area contributed by atoms with Crippen molar-refractivity contribution in [3.63, 3.8) is 0 Å². The van der Waals surface area contributed by atoms with Gasteiger partial charge in [-0.05, 0) is 30.7 Å². The molecule has 2 aromatic rings. The summed E-state index contributed by atoms with van der Waals surface area (Å²) in [6, 6.07) is 6.82.